The zero-order valence-corrected chi connectivity index (χ0v) is 39.4. The molecule has 0 bridgehead atoms. The van der Waals surface area contributed by atoms with Crippen molar-refractivity contribution in [3.63, 3.8) is 0 Å². The van der Waals surface area contributed by atoms with Crippen LogP contribution in [0.3, 0.4) is 0 Å². The Labute approximate surface area is 404 Å². The number of hydrogen-bond acceptors (Lipinski definition) is 2. The molecule has 0 aliphatic heterocycles. The van der Waals surface area contributed by atoms with E-state index < -0.39 is 0 Å². The molecule has 1 aromatic heterocycles. The summed E-state index contributed by atoms with van der Waals surface area (Å²) in [6.45, 7) is 8.85. The molecule has 11 aromatic carbocycles. The minimum Gasteiger partial charge on any atom is -0.310 e. The number of fused-ring (bicyclic) bond motifs is 7. The molecule has 0 aliphatic carbocycles. The number of para-hydroxylation sites is 2. The number of rotatable bonds is 9. The van der Waals surface area contributed by atoms with Gasteiger partial charge in [0.1, 0.15) is 0 Å². The molecule has 0 unspecified atom stereocenters. The molecule has 0 fully saturated rings. The number of hydrogen-bond donors (Lipinski definition) is 0. The lowest BCUT2D eigenvalue weighted by atomic mass is 9.95. The quantitative estimate of drug-likeness (QED) is 0.143. The number of anilines is 6. The summed E-state index contributed by atoms with van der Waals surface area (Å²) in [6.07, 6.45) is 0. The van der Waals surface area contributed by atoms with E-state index in [9.17, 15) is 0 Å². The molecule has 3 nitrogen and oxygen atoms in total. The topological polar surface area (TPSA) is 11.4 Å². The maximum absolute atomic E-state index is 2.54. The Balaban J connectivity index is 1.19. The lowest BCUT2D eigenvalue weighted by Gasteiger charge is -2.28. The van der Waals surface area contributed by atoms with Crippen LogP contribution < -0.4 is 9.80 Å². The van der Waals surface area contributed by atoms with Gasteiger partial charge in [-0.3, -0.25) is 0 Å². The summed E-state index contributed by atoms with van der Waals surface area (Å²) in [7, 11) is 0. The summed E-state index contributed by atoms with van der Waals surface area (Å²) < 4.78 is 2.54. The van der Waals surface area contributed by atoms with Crippen LogP contribution in [0.4, 0.5) is 34.1 Å². The van der Waals surface area contributed by atoms with E-state index in [0.717, 1.165) is 50.8 Å². The highest BCUT2D eigenvalue weighted by Gasteiger charge is 2.26. The lowest BCUT2D eigenvalue weighted by molar-refractivity contribution is 1.16. The molecule has 3 heteroatoms. The van der Waals surface area contributed by atoms with Crippen molar-refractivity contribution in [2.45, 2.75) is 27.7 Å². The molecule has 1 heterocycles. The molecule has 0 N–H and O–H groups in total. The van der Waals surface area contributed by atoms with Crippen LogP contribution in [0.2, 0.25) is 0 Å². The van der Waals surface area contributed by atoms with E-state index in [1.807, 2.05) is 0 Å². The minimum absolute atomic E-state index is 1.09. The van der Waals surface area contributed by atoms with Gasteiger partial charge in [-0.1, -0.05) is 163 Å². The second-order valence-corrected chi connectivity index (χ2v) is 18.5. The van der Waals surface area contributed by atoms with Gasteiger partial charge in [0, 0.05) is 50.0 Å². The molecule has 69 heavy (non-hydrogen) atoms. The standard InChI is InChI=1S/C66H51N3/c1-44-25-35-57-59(40-44)61(67(52-21-13-7-14-22-52)54-31-27-50(28-32-54)48-17-9-5-10-18-48)42-63-65(57)66-58-36-26-45(2)41-60(58)62(43-64(66)69(63)56-38-46(3)37-47(4)39-56)68(53-23-15-8-16-24-53)55-33-29-51(30-34-55)49-19-11-6-12-20-49/h5-43H,1-4H3. The van der Waals surface area contributed by atoms with Crippen LogP contribution in [0.25, 0.3) is 71.3 Å². The van der Waals surface area contributed by atoms with Gasteiger partial charge < -0.3 is 14.4 Å². The first-order valence-corrected chi connectivity index (χ1v) is 23.9. The molecule has 12 aromatic rings. The average molecular weight is 886 g/mol. The molecule has 0 saturated heterocycles. The van der Waals surface area contributed by atoms with Crippen molar-refractivity contribution in [3.8, 4) is 27.9 Å². The smallest absolute Gasteiger partial charge is 0.0568 e. The molecular weight excluding hydrogens is 835 g/mol. The van der Waals surface area contributed by atoms with Gasteiger partial charge in [0.2, 0.25) is 0 Å². The van der Waals surface area contributed by atoms with Crippen LogP contribution in [0.15, 0.2) is 237 Å². The second kappa shape index (κ2) is 17.2. The van der Waals surface area contributed by atoms with E-state index in [-0.39, 0.29) is 0 Å². The van der Waals surface area contributed by atoms with E-state index in [0.29, 0.717) is 0 Å². The third-order valence-corrected chi connectivity index (χ3v) is 13.7. The lowest BCUT2D eigenvalue weighted by Crippen LogP contribution is -2.11. The summed E-state index contributed by atoms with van der Waals surface area (Å²) in [5.41, 5.74) is 19.7. The van der Waals surface area contributed by atoms with Crippen LogP contribution >= 0.6 is 0 Å². The minimum atomic E-state index is 1.09. The average Bonchev–Trinajstić information content (AvgIpc) is 3.72. The van der Waals surface area contributed by atoms with Crippen LogP contribution in [-0.4, -0.2) is 4.57 Å². The van der Waals surface area contributed by atoms with Gasteiger partial charge >= 0.3 is 0 Å². The van der Waals surface area contributed by atoms with Crippen molar-refractivity contribution in [1.29, 1.82) is 0 Å². The first-order chi connectivity index (χ1) is 33.9. The van der Waals surface area contributed by atoms with Gasteiger partial charge in [0.05, 0.1) is 22.4 Å². The fraction of sp³-hybridized carbons (Fsp3) is 0.0606. The Hall–Kier alpha value is -8.66. The molecule has 0 aliphatic rings. The molecule has 0 spiro atoms. The summed E-state index contributed by atoms with van der Waals surface area (Å²) in [6, 6.07) is 87.0. The Morgan fingerprint density at radius 2 is 0.623 bits per heavy atom. The number of aryl methyl sites for hydroxylation is 4. The summed E-state index contributed by atoms with van der Waals surface area (Å²) in [5.74, 6) is 0. The molecule has 330 valence electrons. The third-order valence-electron chi connectivity index (χ3n) is 13.7. The predicted molar refractivity (Wildman–Crippen MR) is 295 cm³/mol. The number of benzene rings is 11. The van der Waals surface area contributed by atoms with Gasteiger partial charge in [-0.05, 0) is 157 Å². The summed E-state index contributed by atoms with van der Waals surface area (Å²) in [5, 5.41) is 7.32. The van der Waals surface area contributed by atoms with Crippen molar-refractivity contribution in [2.24, 2.45) is 0 Å². The third kappa shape index (κ3) is 7.50. The van der Waals surface area contributed by atoms with Crippen molar-refractivity contribution < 1.29 is 0 Å². The summed E-state index contributed by atoms with van der Waals surface area (Å²) >= 11 is 0. The van der Waals surface area contributed by atoms with Crippen molar-refractivity contribution in [2.75, 3.05) is 9.80 Å². The fourth-order valence-electron chi connectivity index (χ4n) is 10.6. The molecule has 0 radical (unpaired) electrons. The van der Waals surface area contributed by atoms with Gasteiger partial charge in [-0.2, -0.15) is 0 Å². The monoisotopic (exact) mass is 885 g/mol. The maximum atomic E-state index is 2.54. The normalized spacial score (nSPS) is 11.5. The maximum Gasteiger partial charge on any atom is 0.0568 e. The largest absolute Gasteiger partial charge is 0.310 e. The highest BCUT2D eigenvalue weighted by molar-refractivity contribution is 6.32. The van der Waals surface area contributed by atoms with Crippen molar-refractivity contribution in [1.82, 2.24) is 4.57 Å². The van der Waals surface area contributed by atoms with Gasteiger partial charge in [-0.25, -0.2) is 0 Å². The first kappa shape index (κ1) is 41.7. The van der Waals surface area contributed by atoms with Crippen LogP contribution in [0.1, 0.15) is 22.3 Å². The van der Waals surface area contributed by atoms with E-state index in [4.69, 9.17) is 0 Å². The molecule has 0 amide bonds. The van der Waals surface area contributed by atoms with Crippen LogP contribution in [0.5, 0.6) is 0 Å². The van der Waals surface area contributed by atoms with E-state index in [2.05, 4.69) is 279 Å². The van der Waals surface area contributed by atoms with Gasteiger partial charge in [0.25, 0.3) is 0 Å². The van der Waals surface area contributed by atoms with Crippen molar-refractivity contribution in [3.05, 3.63) is 259 Å². The van der Waals surface area contributed by atoms with Crippen LogP contribution in [0, 0.1) is 27.7 Å². The predicted octanol–water partition coefficient (Wildman–Crippen LogP) is 18.6. The number of nitrogens with zero attached hydrogens (tertiary/aromatic N) is 3. The Bertz CT molecular complexity index is 3590. The van der Waals surface area contributed by atoms with Gasteiger partial charge in [0.15, 0.2) is 0 Å². The number of aromatic nitrogens is 1. The Kier molecular flexibility index (Phi) is 10.4. The highest BCUT2D eigenvalue weighted by Crippen LogP contribution is 2.50. The second-order valence-electron chi connectivity index (χ2n) is 18.5. The SMILES string of the molecule is Cc1cc(C)cc(-n2c3cc(N(c4ccccc4)c4ccc(-c5ccccc5)cc4)c4cc(C)ccc4c3c3c4ccc(C)cc4c(N(c4ccccc4)c4ccc(-c5ccccc5)cc4)cc32)c1. The first-order valence-electron chi connectivity index (χ1n) is 23.9. The Morgan fingerprint density at radius 1 is 0.275 bits per heavy atom. The van der Waals surface area contributed by atoms with E-state index >= 15 is 0 Å². The van der Waals surface area contributed by atoms with Crippen LogP contribution in [-0.2, 0) is 0 Å². The molecular formula is C66H51N3. The van der Waals surface area contributed by atoms with Gasteiger partial charge in [-0.15, -0.1) is 0 Å². The molecule has 12 rings (SSSR count). The Morgan fingerprint density at radius 3 is 1.01 bits per heavy atom. The van der Waals surface area contributed by atoms with E-state index in [1.165, 1.54) is 76.8 Å². The fourth-order valence-corrected chi connectivity index (χ4v) is 10.6. The van der Waals surface area contributed by atoms with E-state index in [1.54, 1.807) is 0 Å². The molecule has 0 atom stereocenters. The highest BCUT2D eigenvalue weighted by atomic mass is 15.2. The zero-order valence-electron chi connectivity index (χ0n) is 39.4. The molecule has 0 saturated carbocycles. The summed E-state index contributed by atoms with van der Waals surface area (Å²) in [4.78, 5) is 4.89. The van der Waals surface area contributed by atoms with Crippen molar-refractivity contribution >= 4 is 77.5 Å². The zero-order chi connectivity index (χ0) is 46.6.